The molecule has 0 aliphatic heterocycles. The first-order valence-electron chi connectivity index (χ1n) is 7.99. The van der Waals surface area contributed by atoms with E-state index in [1.807, 2.05) is 12.1 Å². The first-order chi connectivity index (χ1) is 11.6. The molecule has 0 bridgehead atoms. The van der Waals surface area contributed by atoms with E-state index in [2.05, 4.69) is 25.2 Å². The lowest BCUT2D eigenvalue weighted by Gasteiger charge is -2.09. The summed E-state index contributed by atoms with van der Waals surface area (Å²) in [5.41, 5.74) is 3.88. The minimum absolute atomic E-state index is 0.0708. The van der Waals surface area contributed by atoms with Gasteiger partial charge in [-0.3, -0.25) is 4.79 Å². The Morgan fingerprint density at radius 3 is 2.46 bits per heavy atom. The molecule has 0 aliphatic rings. The Bertz CT molecular complexity index is 778. The molecule has 2 aromatic carbocycles. The minimum atomic E-state index is -1.07. The Kier molecular flexibility index (Phi) is 5.90. The van der Waals surface area contributed by atoms with Crippen LogP contribution in [0, 0.1) is 0 Å². The van der Waals surface area contributed by atoms with Gasteiger partial charge in [0, 0.05) is 6.08 Å². The first kappa shape index (κ1) is 17.5. The van der Waals surface area contributed by atoms with Gasteiger partial charge in [-0.15, -0.1) is 0 Å². The zero-order valence-corrected chi connectivity index (χ0v) is 13.9. The van der Waals surface area contributed by atoms with Gasteiger partial charge in [0.15, 0.2) is 0 Å². The van der Waals surface area contributed by atoms with Crippen LogP contribution in [0.4, 0.5) is 5.69 Å². The van der Waals surface area contributed by atoms with Gasteiger partial charge in [0.05, 0.1) is 11.3 Å². The summed E-state index contributed by atoms with van der Waals surface area (Å²) < 4.78 is 0. The van der Waals surface area contributed by atoms with Gasteiger partial charge in [-0.2, -0.15) is 0 Å². The fourth-order valence-electron chi connectivity index (χ4n) is 2.69. The van der Waals surface area contributed by atoms with Crippen LogP contribution in [0.3, 0.4) is 0 Å². The number of benzene rings is 2. The van der Waals surface area contributed by atoms with Gasteiger partial charge in [0.1, 0.15) is 0 Å². The van der Waals surface area contributed by atoms with Crippen LogP contribution in [0.5, 0.6) is 0 Å². The molecule has 0 heterocycles. The third-order valence-electron chi connectivity index (χ3n) is 3.87. The molecule has 1 amide bonds. The maximum atomic E-state index is 12.1. The highest BCUT2D eigenvalue weighted by Crippen LogP contribution is 2.19. The van der Waals surface area contributed by atoms with Crippen molar-refractivity contribution in [3.63, 3.8) is 0 Å². The third kappa shape index (κ3) is 4.10. The normalized spacial score (nSPS) is 10.8. The lowest BCUT2D eigenvalue weighted by atomic mass is 9.97. The van der Waals surface area contributed by atoms with Gasteiger partial charge >= 0.3 is 5.97 Å². The molecule has 0 saturated heterocycles. The molecule has 0 unspecified atom stereocenters. The zero-order valence-electron chi connectivity index (χ0n) is 13.9. The van der Waals surface area contributed by atoms with Crippen LogP contribution in [0.1, 0.15) is 40.9 Å². The maximum absolute atomic E-state index is 12.1. The van der Waals surface area contributed by atoms with Gasteiger partial charge in [0.2, 0.25) is 5.91 Å². The molecule has 0 fully saturated rings. The summed E-state index contributed by atoms with van der Waals surface area (Å²) in [6.45, 7) is 4.20. The van der Waals surface area contributed by atoms with Crippen molar-refractivity contribution in [3.8, 4) is 0 Å². The number of carboxylic acid groups (broad SMARTS) is 1. The van der Waals surface area contributed by atoms with Crippen LogP contribution >= 0.6 is 0 Å². The average Bonchev–Trinajstić information content (AvgIpc) is 2.59. The number of amides is 1. The van der Waals surface area contributed by atoms with Gasteiger partial charge in [-0.25, -0.2) is 4.79 Å². The number of nitrogens with one attached hydrogen (secondary N) is 1. The van der Waals surface area contributed by atoms with Crippen LogP contribution in [0.25, 0.3) is 6.08 Å². The van der Waals surface area contributed by atoms with E-state index in [1.54, 1.807) is 24.3 Å². The van der Waals surface area contributed by atoms with Crippen LogP contribution < -0.4 is 5.32 Å². The molecule has 0 saturated carbocycles. The first-order valence-corrected chi connectivity index (χ1v) is 7.99. The minimum Gasteiger partial charge on any atom is -0.478 e. The maximum Gasteiger partial charge on any atom is 0.337 e. The number of rotatable bonds is 6. The Labute approximate surface area is 141 Å². The fourth-order valence-corrected chi connectivity index (χ4v) is 2.69. The summed E-state index contributed by atoms with van der Waals surface area (Å²) in [6.07, 6.45) is 5.06. The molecule has 124 valence electrons. The smallest absolute Gasteiger partial charge is 0.337 e. The average molecular weight is 323 g/mol. The number of carbonyl (C=O) groups excluding carboxylic acids is 1. The molecule has 24 heavy (non-hydrogen) atoms. The molecule has 0 aromatic heterocycles. The van der Waals surface area contributed by atoms with Crippen molar-refractivity contribution in [2.75, 3.05) is 5.32 Å². The monoisotopic (exact) mass is 323 g/mol. The number of para-hydroxylation sites is 1. The number of hydrogen-bond donors (Lipinski definition) is 2. The summed E-state index contributed by atoms with van der Waals surface area (Å²) >= 11 is 0. The zero-order chi connectivity index (χ0) is 17.5. The molecule has 2 rings (SSSR count). The Morgan fingerprint density at radius 1 is 1.04 bits per heavy atom. The summed E-state index contributed by atoms with van der Waals surface area (Å²) in [5, 5.41) is 11.8. The second-order valence-electron chi connectivity index (χ2n) is 5.37. The molecular formula is C20H21NO3. The topological polar surface area (TPSA) is 66.4 Å². The highest BCUT2D eigenvalue weighted by Gasteiger charge is 2.10. The standard InChI is InChI=1S/C20H21NO3/c1-3-14-8-7-9-15(16(14)4-2)12-13-19(22)21-18-11-6-5-10-17(18)20(23)24/h5-13H,3-4H2,1-2H3,(H,21,22)(H,23,24)/b13-12+. The highest BCUT2D eigenvalue weighted by molar-refractivity contribution is 6.06. The van der Waals surface area contributed by atoms with Crippen LogP contribution in [-0.2, 0) is 17.6 Å². The molecule has 2 N–H and O–H groups in total. The Hall–Kier alpha value is -2.88. The predicted molar refractivity (Wildman–Crippen MR) is 96.3 cm³/mol. The quantitative estimate of drug-likeness (QED) is 0.784. The van der Waals surface area contributed by atoms with Gasteiger partial charge in [-0.05, 0) is 47.7 Å². The van der Waals surface area contributed by atoms with E-state index >= 15 is 0 Å². The van der Waals surface area contributed by atoms with Crippen molar-refractivity contribution in [2.45, 2.75) is 26.7 Å². The van der Waals surface area contributed by atoms with Crippen molar-refractivity contribution in [2.24, 2.45) is 0 Å². The van der Waals surface area contributed by atoms with Crippen molar-refractivity contribution in [1.29, 1.82) is 0 Å². The summed E-state index contributed by atoms with van der Waals surface area (Å²) in [4.78, 5) is 23.3. The molecule has 0 aliphatic carbocycles. The van der Waals surface area contributed by atoms with Crippen molar-refractivity contribution in [3.05, 3.63) is 70.8 Å². The van der Waals surface area contributed by atoms with Crippen LogP contribution in [0.2, 0.25) is 0 Å². The van der Waals surface area contributed by atoms with Crippen molar-refractivity contribution >= 4 is 23.6 Å². The summed E-state index contributed by atoms with van der Waals surface area (Å²) in [5.74, 6) is -1.42. The fraction of sp³-hybridized carbons (Fsp3) is 0.200. The lowest BCUT2D eigenvalue weighted by molar-refractivity contribution is -0.111. The van der Waals surface area contributed by atoms with Crippen molar-refractivity contribution in [1.82, 2.24) is 0 Å². The Balaban J connectivity index is 2.19. The molecule has 0 spiro atoms. The van der Waals surface area contributed by atoms with E-state index in [9.17, 15) is 9.59 Å². The van der Waals surface area contributed by atoms with E-state index in [0.717, 1.165) is 18.4 Å². The second kappa shape index (κ2) is 8.11. The SMILES string of the molecule is CCc1cccc(/C=C/C(=O)Nc2ccccc2C(=O)O)c1CC. The van der Waals surface area contributed by atoms with Gasteiger partial charge in [0.25, 0.3) is 0 Å². The second-order valence-corrected chi connectivity index (χ2v) is 5.37. The number of hydrogen-bond acceptors (Lipinski definition) is 2. The third-order valence-corrected chi connectivity index (χ3v) is 3.87. The molecule has 0 atom stereocenters. The van der Waals surface area contributed by atoms with Gasteiger partial charge < -0.3 is 10.4 Å². The summed E-state index contributed by atoms with van der Waals surface area (Å²) in [7, 11) is 0. The lowest BCUT2D eigenvalue weighted by Crippen LogP contribution is -2.11. The van der Waals surface area contributed by atoms with E-state index in [1.165, 1.54) is 23.3 Å². The number of carbonyl (C=O) groups is 2. The predicted octanol–water partition coefficient (Wildman–Crippen LogP) is 4.16. The molecule has 2 aromatic rings. The Morgan fingerprint density at radius 2 is 1.79 bits per heavy atom. The van der Waals surface area contributed by atoms with E-state index in [0.29, 0.717) is 0 Å². The largest absolute Gasteiger partial charge is 0.478 e. The number of aryl methyl sites for hydroxylation is 1. The van der Waals surface area contributed by atoms with Gasteiger partial charge in [-0.1, -0.05) is 44.2 Å². The van der Waals surface area contributed by atoms with Crippen LogP contribution in [-0.4, -0.2) is 17.0 Å². The number of carboxylic acids is 1. The molecular weight excluding hydrogens is 302 g/mol. The van der Waals surface area contributed by atoms with E-state index in [-0.39, 0.29) is 17.2 Å². The molecule has 4 nitrogen and oxygen atoms in total. The number of aromatic carboxylic acids is 1. The van der Waals surface area contributed by atoms with E-state index in [4.69, 9.17) is 5.11 Å². The molecule has 4 heteroatoms. The van der Waals surface area contributed by atoms with Crippen molar-refractivity contribution < 1.29 is 14.7 Å². The highest BCUT2D eigenvalue weighted by atomic mass is 16.4. The van der Waals surface area contributed by atoms with Crippen LogP contribution in [0.15, 0.2) is 48.5 Å². The number of anilines is 1. The molecule has 0 radical (unpaired) electrons. The summed E-state index contributed by atoms with van der Waals surface area (Å²) in [6, 6.07) is 12.4. The van der Waals surface area contributed by atoms with E-state index < -0.39 is 5.97 Å².